The van der Waals surface area contributed by atoms with E-state index in [2.05, 4.69) is 53.8 Å². The van der Waals surface area contributed by atoms with Crippen molar-refractivity contribution < 1.29 is 5.11 Å². The van der Waals surface area contributed by atoms with E-state index >= 15 is 0 Å². The molecule has 126 valence electrons. The zero-order chi connectivity index (χ0) is 16.4. The molecule has 2 fully saturated rings. The van der Waals surface area contributed by atoms with E-state index in [1.54, 1.807) is 0 Å². The first-order valence-corrected chi connectivity index (χ1v) is 9.30. The fourth-order valence-electron chi connectivity index (χ4n) is 4.89. The van der Waals surface area contributed by atoms with Gasteiger partial charge in [-0.15, -0.1) is 0 Å². The van der Waals surface area contributed by atoms with Gasteiger partial charge in [-0.3, -0.25) is 0 Å². The van der Waals surface area contributed by atoms with Crippen molar-refractivity contribution in [2.75, 3.05) is 13.1 Å². The Kier molecular flexibility index (Phi) is 4.43. The molecule has 2 aromatic carbocycles. The molecule has 24 heavy (non-hydrogen) atoms. The van der Waals surface area contributed by atoms with Crippen LogP contribution >= 0.6 is 0 Å². The number of nitrogens with one attached hydrogen (secondary N) is 1. The van der Waals surface area contributed by atoms with Gasteiger partial charge in [0.1, 0.15) is 0 Å². The van der Waals surface area contributed by atoms with Crippen LogP contribution in [-0.4, -0.2) is 18.2 Å². The summed E-state index contributed by atoms with van der Waals surface area (Å²) in [6, 6.07) is 20.8. The van der Waals surface area contributed by atoms with Crippen molar-refractivity contribution in [2.24, 2.45) is 17.8 Å². The lowest BCUT2D eigenvalue weighted by Crippen LogP contribution is -2.51. The Morgan fingerprint density at radius 3 is 2.33 bits per heavy atom. The highest BCUT2D eigenvalue weighted by atomic mass is 16.3. The van der Waals surface area contributed by atoms with Crippen LogP contribution in [0.25, 0.3) is 0 Å². The van der Waals surface area contributed by atoms with Gasteiger partial charge >= 0.3 is 0 Å². The first-order valence-electron chi connectivity index (χ1n) is 9.30. The smallest absolute Gasteiger partial charge is 0.0967 e. The van der Waals surface area contributed by atoms with Crippen LogP contribution in [0.5, 0.6) is 0 Å². The van der Waals surface area contributed by atoms with Crippen molar-refractivity contribution in [2.45, 2.75) is 31.3 Å². The number of rotatable bonds is 4. The van der Waals surface area contributed by atoms with Gasteiger partial charge in [0.25, 0.3) is 0 Å². The van der Waals surface area contributed by atoms with Crippen molar-refractivity contribution in [3.05, 3.63) is 71.8 Å². The highest BCUT2D eigenvalue weighted by Gasteiger charge is 2.52. The standard InChI is InChI=1S/C22H27NO/c24-22(19-9-5-2-6-10-19,16-17-7-3-1-4-8-17)21-15-18-11-13-23-14-12-20(18)21/h1-10,18,20-21,23-24H,11-16H2. The van der Waals surface area contributed by atoms with Crippen LogP contribution in [0.1, 0.15) is 30.4 Å². The average molecular weight is 321 g/mol. The normalized spacial score (nSPS) is 29.0. The van der Waals surface area contributed by atoms with Gasteiger partial charge in [0.05, 0.1) is 5.60 Å². The van der Waals surface area contributed by atoms with E-state index < -0.39 is 5.60 Å². The summed E-state index contributed by atoms with van der Waals surface area (Å²) in [5, 5.41) is 15.4. The lowest BCUT2D eigenvalue weighted by molar-refractivity contribution is -0.119. The largest absolute Gasteiger partial charge is 0.385 e. The molecule has 2 heteroatoms. The maximum absolute atomic E-state index is 11.9. The number of benzene rings is 2. The monoisotopic (exact) mass is 321 g/mol. The van der Waals surface area contributed by atoms with Crippen molar-refractivity contribution in [3.8, 4) is 0 Å². The highest BCUT2D eigenvalue weighted by Crippen LogP contribution is 2.54. The molecule has 4 unspecified atom stereocenters. The van der Waals surface area contributed by atoms with E-state index in [9.17, 15) is 5.11 Å². The fraction of sp³-hybridized carbons (Fsp3) is 0.455. The SMILES string of the molecule is OC(Cc1ccccc1)(c1ccccc1)C1CC2CCNCCC21. The van der Waals surface area contributed by atoms with Crippen LogP contribution in [0, 0.1) is 17.8 Å². The van der Waals surface area contributed by atoms with Crippen LogP contribution in [0.2, 0.25) is 0 Å². The third-order valence-electron chi connectivity index (χ3n) is 6.23. The Hall–Kier alpha value is -1.64. The number of hydrogen-bond acceptors (Lipinski definition) is 2. The Labute approximate surface area is 144 Å². The second kappa shape index (κ2) is 6.70. The molecule has 0 bridgehead atoms. The van der Waals surface area contributed by atoms with Crippen molar-refractivity contribution >= 4 is 0 Å². The molecule has 1 aliphatic carbocycles. The van der Waals surface area contributed by atoms with E-state index in [4.69, 9.17) is 0 Å². The Morgan fingerprint density at radius 2 is 1.58 bits per heavy atom. The van der Waals surface area contributed by atoms with Crippen LogP contribution in [0.3, 0.4) is 0 Å². The minimum absolute atomic E-state index is 0.366. The minimum Gasteiger partial charge on any atom is -0.385 e. The molecule has 0 amide bonds. The van der Waals surface area contributed by atoms with E-state index in [1.807, 2.05) is 12.1 Å². The molecule has 4 atom stereocenters. The lowest BCUT2D eigenvalue weighted by atomic mass is 9.54. The van der Waals surface area contributed by atoms with Crippen LogP contribution in [0.4, 0.5) is 0 Å². The molecular formula is C22H27NO. The summed E-state index contributed by atoms with van der Waals surface area (Å²) in [7, 11) is 0. The Morgan fingerprint density at radius 1 is 0.917 bits per heavy atom. The first kappa shape index (κ1) is 15.9. The molecule has 2 nitrogen and oxygen atoms in total. The second-order valence-corrected chi connectivity index (χ2v) is 7.55. The molecule has 1 saturated carbocycles. The molecule has 2 N–H and O–H groups in total. The highest BCUT2D eigenvalue weighted by molar-refractivity contribution is 5.29. The number of aliphatic hydroxyl groups is 1. The summed E-state index contributed by atoms with van der Waals surface area (Å²) in [5.41, 5.74) is 1.54. The Bertz CT molecular complexity index is 656. The van der Waals surface area contributed by atoms with Crippen molar-refractivity contribution in [1.82, 2.24) is 5.32 Å². The predicted octanol–water partition coefficient (Wildman–Crippen LogP) is 3.75. The summed E-state index contributed by atoms with van der Waals surface area (Å²) >= 11 is 0. The second-order valence-electron chi connectivity index (χ2n) is 7.55. The first-order chi connectivity index (χ1) is 11.8. The van der Waals surface area contributed by atoms with Gasteiger partial charge in [0, 0.05) is 6.42 Å². The molecule has 1 aliphatic heterocycles. The van der Waals surface area contributed by atoms with Crippen LogP contribution in [-0.2, 0) is 12.0 Å². The van der Waals surface area contributed by atoms with Gasteiger partial charge in [-0.1, -0.05) is 60.7 Å². The summed E-state index contributed by atoms with van der Waals surface area (Å²) in [5.74, 6) is 1.80. The topological polar surface area (TPSA) is 32.3 Å². The molecule has 0 radical (unpaired) electrons. The van der Waals surface area contributed by atoms with E-state index in [-0.39, 0.29) is 0 Å². The van der Waals surface area contributed by atoms with Gasteiger partial charge in [-0.25, -0.2) is 0 Å². The van der Waals surface area contributed by atoms with Crippen LogP contribution < -0.4 is 5.32 Å². The van der Waals surface area contributed by atoms with Gasteiger partial charge in [-0.2, -0.15) is 0 Å². The molecular weight excluding hydrogens is 294 g/mol. The third-order valence-corrected chi connectivity index (χ3v) is 6.23. The van der Waals surface area contributed by atoms with E-state index in [1.165, 1.54) is 18.4 Å². The molecule has 2 aromatic rings. The number of fused-ring (bicyclic) bond motifs is 1. The molecule has 4 rings (SSSR count). The molecule has 1 heterocycles. The zero-order valence-corrected chi connectivity index (χ0v) is 14.2. The van der Waals surface area contributed by atoms with Crippen LogP contribution in [0.15, 0.2) is 60.7 Å². The van der Waals surface area contributed by atoms with Gasteiger partial charge in [0.15, 0.2) is 0 Å². The minimum atomic E-state index is -0.756. The summed E-state index contributed by atoms with van der Waals surface area (Å²) < 4.78 is 0. The fourth-order valence-corrected chi connectivity index (χ4v) is 4.89. The average Bonchev–Trinajstić information content (AvgIpc) is 2.78. The van der Waals surface area contributed by atoms with Gasteiger partial charge in [0.2, 0.25) is 0 Å². The van der Waals surface area contributed by atoms with Gasteiger partial charge in [-0.05, 0) is 61.2 Å². The van der Waals surface area contributed by atoms with Crippen molar-refractivity contribution in [1.29, 1.82) is 0 Å². The zero-order valence-electron chi connectivity index (χ0n) is 14.2. The summed E-state index contributed by atoms with van der Waals surface area (Å²) in [6.07, 6.45) is 4.32. The maximum atomic E-state index is 11.9. The predicted molar refractivity (Wildman–Crippen MR) is 97.7 cm³/mol. The molecule has 0 spiro atoms. The summed E-state index contributed by atoms with van der Waals surface area (Å²) in [4.78, 5) is 0. The lowest BCUT2D eigenvalue weighted by Gasteiger charge is -2.52. The van der Waals surface area contributed by atoms with E-state index in [0.29, 0.717) is 18.3 Å². The Balaban J connectivity index is 1.66. The third kappa shape index (κ3) is 2.89. The molecule has 2 aliphatic rings. The van der Waals surface area contributed by atoms with Gasteiger partial charge < -0.3 is 10.4 Å². The maximum Gasteiger partial charge on any atom is 0.0967 e. The summed E-state index contributed by atoms with van der Waals surface area (Å²) in [6.45, 7) is 2.23. The number of hydrogen-bond donors (Lipinski definition) is 2. The van der Waals surface area contributed by atoms with Crippen molar-refractivity contribution in [3.63, 3.8) is 0 Å². The molecule has 1 saturated heterocycles. The van der Waals surface area contributed by atoms with E-state index in [0.717, 1.165) is 31.0 Å². The quantitative estimate of drug-likeness (QED) is 0.899. The molecule has 0 aromatic heterocycles.